The zero-order valence-electron chi connectivity index (χ0n) is 8.28. The van der Waals surface area contributed by atoms with Crippen molar-refractivity contribution in [3.8, 4) is 0 Å². The first-order valence-corrected chi connectivity index (χ1v) is 5.95. The number of rotatable bonds is 3. The normalized spacial score (nSPS) is 11.8. The summed E-state index contributed by atoms with van der Waals surface area (Å²) < 4.78 is 13.4. The van der Waals surface area contributed by atoms with Crippen LogP contribution in [0.3, 0.4) is 0 Å². The number of hydrogen-bond donors (Lipinski definition) is 0. The Morgan fingerprint density at radius 2 is 2.07 bits per heavy atom. The molecular weight excluding hydrogens is 266 g/mol. The summed E-state index contributed by atoms with van der Waals surface area (Å²) in [5, 5.41) is 1.34. The van der Waals surface area contributed by atoms with E-state index in [9.17, 15) is 4.39 Å². The van der Waals surface area contributed by atoms with Crippen LogP contribution < -0.4 is 0 Å². The zero-order valence-corrected chi connectivity index (χ0v) is 10.6. The molecule has 0 radical (unpaired) electrons. The summed E-state index contributed by atoms with van der Waals surface area (Å²) in [6, 6.07) is 4.80. The second-order valence-electron chi connectivity index (χ2n) is 4.17. The fourth-order valence-corrected chi connectivity index (χ4v) is 1.66. The number of halogens is 3. The number of hydrogen-bond acceptors (Lipinski definition) is 0. The van der Waals surface area contributed by atoms with Gasteiger partial charge in [-0.1, -0.05) is 47.4 Å². The van der Waals surface area contributed by atoms with E-state index in [0.29, 0.717) is 17.0 Å². The molecule has 0 aliphatic carbocycles. The first kappa shape index (κ1) is 12.0. The van der Waals surface area contributed by atoms with Gasteiger partial charge in [0.15, 0.2) is 0 Å². The molecule has 14 heavy (non-hydrogen) atoms. The average Bonchev–Trinajstić information content (AvgIpc) is 2.12. The second kappa shape index (κ2) is 4.63. The summed E-state index contributed by atoms with van der Waals surface area (Å²) in [6.07, 6.45) is 0.643. The second-order valence-corrected chi connectivity index (χ2v) is 5.14. The maximum absolute atomic E-state index is 13.4. The highest BCUT2D eigenvalue weighted by Crippen LogP contribution is 2.29. The van der Waals surface area contributed by atoms with Gasteiger partial charge in [-0.05, 0) is 24.0 Å². The third-order valence-corrected chi connectivity index (χ3v) is 3.95. The van der Waals surface area contributed by atoms with Crippen molar-refractivity contribution in [3.63, 3.8) is 0 Å². The van der Waals surface area contributed by atoms with Crippen LogP contribution in [0.5, 0.6) is 0 Å². The highest BCUT2D eigenvalue weighted by Gasteiger charge is 2.20. The molecule has 0 unspecified atom stereocenters. The van der Waals surface area contributed by atoms with E-state index in [-0.39, 0.29) is 11.2 Å². The van der Waals surface area contributed by atoms with E-state index in [0.717, 1.165) is 5.33 Å². The highest BCUT2D eigenvalue weighted by molar-refractivity contribution is 9.09. The van der Waals surface area contributed by atoms with Crippen molar-refractivity contribution in [2.75, 3.05) is 5.33 Å². The third-order valence-electron chi connectivity index (χ3n) is 2.08. The van der Waals surface area contributed by atoms with Crippen molar-refractivity contribution in [2.45, 2.75) is 20.3 Å². The van der Waals surface area contributed by atoms with Crippen molar-refractivity contribution in [3.05, 3.63) is 34.6 Å². The molecule has 0 aromatic heterocycles. The van der Waals surface area contributed by atoms with Crippen LogP contribution in [0.15, 0.2) is 18.2 Å². The topological polar surface area (TPSA) is 0 Å². The summed E-state index contributed by atoms with van der Waals surface area (Å²) in [5.41, 5.74) is 0.630. The molecule has 0 amide bonds. The molecular formula is C11H13BrClF. The monoisotopic (exact) mass is 278 g/mol. The van der Waals surface area contributed by atoms with Gasteiger partial charge in [-0.15, -0.1) is 0 Å². The van der Waals surface area contributed by atoms with Crippen LogP contribution in [0, 0.1) is 11.2 Å². The van der Waals surface area contributed by atoms with Crippen LogP contribution in [0.25, 0.3) is 0 Å². The molecule has 1 rings (SSSR count). The minimum atomic E-state index is -0.216. The van der Waals surface area contributed by atoms with Gasteiger partial charge in [0.2, 0.25) is 0 Å². The smallest absolute Gasteiger partial charge is 0.127 e. The maximum Gasteiger partial charge on any atom is 0.127 e. The summed E-state index contributed by atoms with van der Waals surface area (Å²) in [5.74, 6) is -0.216. The van der Waals surface area contributed by atoms with Gasteiger partial charge >= 0.3 is 0 Å². The van der Waals surface area contributed by atoms with Gasteiger partial charge < -0.3 is 0 Å². The number of benzene rings is 1. The molecule has 0 N–H and O–H groups in total. The molecule has 1 aromatic rings. The van der Waals surface area contributed by atoms with E-state index in [2.05, 4.69) is 29.8 Å². The lowest BCUT2D eigenvalue weighted by atomic mass is 9.88. The predicted octanol–water partition coefficient (Wildman–Crippen LogP) is 4.44. The Bertz CT molecular complexity index is 303. The lowest BCUT2D eigenvalue weighted by Gasteiger charge is -2.22. The fourth-order valence-electron chi connectivity index (χ4n) is 1.23. The van der Waals surface area contributed by atoms with Crippen molar-refractivity contribution in [1.82, 2.24) is 0 Å². The Morgan fingerprint density at radius 1 is 1.43 bits per heavy atom. The Kier molecular flexibility index (Phi) is 3.96. The van der Waals surface area contributed by atoms with Crippen LogP contribution in [-0.4, -0.2) is 5.33 Å². The highest BCUT2D eigenvalue weighted by atomic mass is 79.9. The first-order chi connectivity index (χ1) is 6.46. The fraction of sp³-hybridized carbons (Fsp3) is 0.455. The Morgan fingerprint density at radius 3 is 2.57 bits per heavy atom. The maximum atomic E-state index is 13.4. The molecule has 0 atom stereocenters. The SMILES string of the molecule is CC(C)(CBr)Cc1c(F)cccc1Cl. The molecule has 0 heterocycles. The van der Waals surface area contributed by atoms with Crippen LogP contribution in [-0.2, 0) is 6.42 Å². The quantitative estimate of drug-likeness (QED) is 0.718. The third kappa shape index (κ3) is 2.96. The predicted molar refractivity (Wildman–Crippen MR) is 62.7 cm³/mol. The van der Waals surface area contributed by atoms with Gasteiger partial charge in [0.05, 0.1) is 0 Å². The first-order valence-electron chi connectivity index (χ1n) is 4.45. The average molecular weight is 280 g/mol. The minimum absolute atomic E-state index is 0.0197. The van der Waals surface area contributed by atoms with E-state index >= 15 is 0 Å². The van der Waals surface area contributed by atoms with Gasteiger partial charge in [-0.2, -0.15) is 0 Å². The van der Waals surface area contributed by atoms with E-state index in [1.165, 1.54) is 6.07 Å². The molecule has 0 saturated heterocycles. The van der Waals surface area contributed by atoms with E-state index in [1.54, 1.807) is 12.1 Å². The summed E-state index contributed by atoms with van der Waals surface area (Å²) in [7, 11) is 0. The molecule has 0 bridgehead atoms. The molecule has 0 aliphatic rings. The lowest BCUT2D eigenvalue weighted by molar-refractivity contribution is 0.415. The van der Waals surface area contributed by atoms with E-state index in [4.69, 9.17) is 11.6 Å². The molecule has 0 aliphatic heterocycles. The molecule has 0 spiro atoms. The summed E-state index contributed by atoms with van der Waals surface area (Å²) in [4.78, 5) is 0. The van der Waals surface area contributed by atoms with Crippen molar-refractivity contribution >= 4 is 27.5 Å². The van der Waals surface area contributed by atoms with Gasteiger partial charge in [-0.3, -0.25) is 0 Å². The molecule has 0 nitrogen and oxygen atoms in total. The lowest BCUT2D eigenvalue weighted by Crippen LogP contribution is -2.17. The zero-order chi connectivity index (χ0) is 10.8. The van der Waals surface area contributed by atoms with Gasteiger partial charge in [0.1, 0.15) is 5.82 Å². The van der Waals surface area contributed by atoms with E-state index < -0.39 is 0 Å². The Balaban J connectivity index is 2.97. The van der Waals surface area contributed by atoms with Gasteiger partial charge in [0.25, 0.3) is 0 Å². The van der Waals surface area contributed by atoms with Gasteiger partial charge in [0, 0.05) is 15.9 Å². The van der Waals surface area contributed by atoms with Crippen molar-refractivity contribution < 1.29 is 4.39 Å². The summed E-state index contributed by atoms with van der Waals surface area (Å²) in [6.45, 7) is 4.15. The molecule has 0 fully saturated rings. The molecule has 3 heteroatoms. The van der Waals surface area contributed by atoms with Crippen molar-refractivity contribution in [2.24, 2.45) is 5.41 Å². The molecule has 0 saturated carbocycles. The molecule has 78 valence electrons. The standard InChI is InChI=1S/C11H13BrClF/c1-11(2,7-12)6-8-9(13)4-3-5-10(8)14/h3-5H,6-7H2,1-2H3. The van der Waals surface area contributed by atoms with Crippen LogP contribution >= 0.6 is 27.5 Å². The van der Waals surface area contributed by atoms with Gasteiger partial charge in [-0.25, -0.2) is 4.39 Å². The summed E-state index contributed by atoms with van der Waals surface area (Å²) >= 11 is 9.35. The van der Waals surface area contributed by atoms with E-state index in [1.807, 2.05) is 0 Å². The number of alkyl halides is 1. The Hall–Kier alpha value is -0.0800. The van der Waals surface area contributed by atoms with Crippen molar-refractivity contribution in [1.29, 1.82) is 0 Å². The minimum Gasteiger partial charge on any atom is -0.207 e. The van der Waals surface area contributed by atoms with Crippen LogP contribution in [0.1, 0.15) is 19.4 Å². The molecule has 1 aromatic carbocycles. The largest absolute Gasteiger partial charge is 0.207 e. The van der Waals surface area contributed by atoms with Crippen LogP contribution in [0.2, 0.25) is 5.02 Å². The Labute approximate surface area is 97.6 Å². The van der Waals surface area contributed by atoms with Crippen LogP contribution in [0.4, 0.5) is 4.39 Å².